The number of hydrogen-bond donors (Lipinski definition) is 2. The molecule has 4 heteroatoms. The summed E-state index contributed by atoms with van der Waals surface area (Å²) in [5.74, 6) is 1.96. The van der Waals surface area contributed by atoms with E-state index in [0.29, 0.717) is 23.7 Å². The molecule has 2 rings (SSSR count). The van der Waals surface area contributed by atoms with Gasteiger partial charge in [-0.05, 0) is 12.3 Å². The molecule has 0 radical (unpaired) electrons. The van der Waals surface area contributed by atoms with Crippen molar-refractivity contribution in [1.29, 1.82) is 5.41 Å². The van der Waals surface area contributed by atoms with E-state index in [1.807, 2.05) is 0 Å². The first-order valence-electron chi connectivity index (χ1n) is 4.69. The van der Waals surface area contributed by atoms with Gasteiger partial charge in [0.05, 0.1) is 12.4 Å². The third kappa shape index (κ3) is 2.15. The Balaban J connectivity index is 0.000000845. The minimum absolute atomic E-state index is 0. The van der Waals surface area contributed by atoms with E-state index in [0.717, 1.165) is 26.1 Å². The molecule has 0 aliphatic carbocycles. The van der Waals surface area contributed by atoms with Crippen LogP contribution in [-0.4, -0.2) is 25.1 Å². The highest BCUT2D eigenvalue weighted by molar-refractivity contribution is 5.85. The van der Waals surface area contributed by atoms with Crippen LogP contribution in [0.1, 0.15) is 19.8 Å². The van der Waals surface area contributed by atoms with Gasteiger partial charge in [0.2, 0.25) is 0 Å². The Morgan fingerprint density at radius 1 is 1.54 bits per heavy atom. The first-order chi connectivity index (χ1) is 5.77. The molecule has 0 amide bonds. The Bertz CT molecular complexity index is 198. The van der Waals surface area contributed by atoms with Gasteiger partial charge in [-0.25, -0.2) is 0 Å². The Hall–Kier alpha value is -0.280. The molecular weight excluding hydrogens is 188 g/mol. The second-order valence-corrected chi connectivity index (χ2v) is 3.94. The molecule has 3 unspecified atom stereocenters. The van der Waals surface area contributed by atoms with Crippen molar-refractivity contribution >= 4 is 18.2 Å². The predicted octanol–water partition coefficient (Wildman–Crippen LogP) is 1.42. The minimum atomic E-state index is 0. The Morgan fingerprint density at radius 3 is 3.08 bits per heavy atom. The summed E-state index contributed by atoms with van der Waals surface area (Å²) in [4.78, 5) is 0. The van der Waals surface area contributed by atoms with Gasteiger partial charge < -0.3 is 10.1 Å². The number of piperidine rings is 1. The van der Waals surface area contributed by atoms with Gasteiger partial charge in [-0.1, -0.05) is 6.92 Å². The van der Waals surface area contributed by atoms with E-state index >= 15 is 0 Å². The largest absolute Gasteiger partial charge is 0.381 e. The van der Waals surface area contributed by atoms with Gasteiger partial charge >= 0.3 is 0 Å². The van der Waals surface area contributed by atoms with E-state index in [4.69, 9.17) is 10.1 Å². The van der Waals surface area contributed by atoms with Crippen molar-refractivity contribution in [1.82, 2.24) is 5.32 Å². The van der Waals surface area contributed by atoms with Gasteiger partial charge in [0.15, 0.2) is 0 Å². The standard InChI is InChI=1S/C9H16N2O.ClH/c1-6-4-9(10)11-8-2-3-12-5-7(6)8;/h6-8H,2-5H2,1H3,(H2,10,11);1H. The summed E-state index contributed by atoms with van der Waals surface area (Å²) in [5, 5.41) is 10.8. The minimum Gasteiger partial charge on any atom is -0.381 e. The second-order valence-electron chi connectivity index (χ2n) is 3.94. The number of rotatable bonds is 0. The molecule has 0 saturated carbocycles. The van der Waals surface area contributed by atoms with Crippen LogP contribution >= 0.6 is 12.4 Å². The maximum Gasteiger partial charge on any atom is 0.0936 e. The van der Waals surface area contributed by atoms with Crippen LogP contribution in [0.25, 0.3) is 0 Å². The lowest BCUT2D eigenvalue weighted by Gasteiger charge is -2.40. The van der Waals surface area contributed by atoms with Crippen LogP contribution in [0.4, 0.5) is 0 Å². The zero-order valence-corrected chi connectivity index (χ0v) is 8.69. The number of fused-ring (bicyclic) bond motifs is 1. The Kier molecular flexibility index (Phi) is 3.56. The lowest BCUT2D eigenvalue weighted by Crippen LogP contribution is -2.52. The van der Waals surface area contributed by atoms with Crippen molar-refractivity contribution < 1.29 is 4.74 Å². The fourth-order valence-electron chi connectivity index (χ4n) is 2.26. The summed E-state index contributed by atoms with van der Waals surface area (Å²) in [6.07, 6.45) is 1.96. The molecule has 2 N–H and O–H groups in total. The molecule has 13 heavy (non-hydrogen) atoms. The first kappa shape index (κ1) is 10.8. The lowest BCUT2D eigenvalue weighted by molar-refractivity contribution is 0.0105. The summed E-state index contributed by atoms with van der Waals surface area (Å²) in [7, 11) is 0. The second kappa shape index (κ2) is 4.29. The van der Waals surface area contributed by atoms with Gasteiger partial charge in [-0.2, -0.15) is 0 Å². The molecule has 0 bridgehead atoms. The van der Waals surface area contributed by atoms with Crippen molar-refractivity contribution in [2.45, 2.75) is 25.8 Å². The summed E-state index contributed by atoms with van der Waals surface area (Å²) in [6, 6.07) is 0.509. The smallest absolute Gasteiger partial charge is 0.0936 e. The van der Waals surface area contributed by atoms with Crippen LogP contribution < -0.4 is 5.32 Å². The number of nitrogens with one attached hydrogen (secondary N) is 2. The molecule has 0 spiro atoms. The zero-order chi connectivity index (χ0) is 8.55. The fourth-order valence-corrected chi connectivity index (χ4v) is 2.26. The SMILES string of the molecule is CC1CC(=N)NC2CCOCC12.Cl. The van der Waals surface area contributed by atoms with E-state index in [2.05, 4.69) is 12.2 Å². The maximum atomic E-state index is 7.59. The average molecular weight is 205 g/mol. The fraction of sp³-hybridized carbons (Fsp3) is 0.889. The lowest BCUT2D eigenvalue weighted by atomic mass is 9.80. The van der Waals surface area contributed by atoms with E-state index < -0.39 is 0 Å². The normalized spacial score (nSPS) is 38.5. The van der Waals surface area contributed by atoms with Crippen LogP contribution in [0.15, 0.2) is 0 Å². The van der Waals surface area contributed by atoms with Gasteiger partial charge in [-0.3, -0.25) is 5.41 Å². The molecular formula is C9H17ClN2O. The number of halogens is 1. The van der Waals surface area contributed by atoms with Crippen molar-refractivity contribution in [2.24, 2.45) is 11.8 Å². The van der Waals surface area contributed by atoms with E-state index in [9.17, 15) is 0 Å². The molecule has 2 fully saturated rings. The van der Waals surface area contributed by atoms with Crippen LogP contribution in [0.2, 0.25) is 0 Å². The number of hydrogen-bond acceptors (Lipinski definition) is 2. The van der Waals surface area contributed by atoms with E-state index in [1.54, 1.807) is 0 Å². The van der Waals surface area contributed by atoms with Crippen molar-refractivity contribution in [3.8, 4) is 0 Å². The van der Waals surface area contributed by atoms with E-state index in [-0.39, 0.29) is 12.4 Å². The van der Waals surface area contributed by atoms with Crippen molar-refractivity contribution in [3.05, 3.63) is 0 Å². The summed E-state index contributed by atoms with van der Waals surface area (Å²) in [5.41, 5.74) is 0. The van der Waals surface area contributed by atoms with Gasteiger partial charge in [0.1, 0.15) is 0 Å². The summed E-state index contributed by atoms with van der Waals surface area (Å²) >= 11 is 0. The van der Waals surface area contributed by atoms with Gasteiger partial charge in [0.25, 0.3) is 0 Å². The molecule has 76 valence electrons. The topological polar surface area (TPSA) is 45.1 Å². The molecule has 3 atom stereocenters. The van der Waals surface area contributed by atoms with E-state index in [1.165, 1.54) is 0 Å². The molecule has 0 aromatic heterocycles. The Morgan fingerprint density at radius 2 is 2.31 bits per heavy atom. The molecule has 2 aliphatic heterocycles. The third-order valence-corrected chi connectivity index (χ3v) is 3.02. The predicted molar refractivity (Wildman–Crippen MR) is 54.6 cm³/mol. The average Bonchev–Trinajstić information content (AvgIpc) is 2.04. The highest BCUT2D eigenvalue weighted by Crippen LogP contribution is 2.28. The van der Waals surface area contributed by atoms with Crippen LogP contribution in [0, 0.1) is 17.2 Å². The van der Waals surface area contributed by atoms with Gasteiger partial charge in [0, 0.05) is 25.0 Å². The molecule has 2 heterocycles. The molecule has 0 aromatic carbocycles. The Labute approximate surface area is 85.1 Å². The first-order valence-corrected chi connectivity index (χ1v) is 4.69. The molecule has 3 nitrogen and oxygen atoms in total. The monoisotopic (exact) mass is 204 g/mol. The van der Waals surface area contributed by atoms with Crippen LogP contribution in [0.5, 0.6) is 0 Å². The zero-order valence-electron chi connectivity index (χ0n) is 7.88. The quantitative estimate of drug-likeness (QED) is 0.627. The molecule has 0 aromatic rings. The summed E-state index contributed by atoms with van der Waals surface area (Å²) in [6.45, 7) is 3.96. The maximum absolute atomic E-state index is 7.59. The number of amidine groups is 1. The highest BCUT2D eigenvalue weighted by Gasteiger charge is 2.34. The van der Waals surface area contributed by atoms with Crippen molar-refractivity contribution in [2.75, 3.05) is 13.2 Å². The van der Waals surface area contributed by atoms with Crippen LogP contribution in [-0.2, 0) is 4.74 Å². The van der Waals surface area contributed by atoms with Gasteiger partial charge in [-0.15, -0.1) is 12.4 Å². The number of ether oxygens (including phenoxy) is 1. The summed E-state index contributed by atoms with van der Waals surface area (Å²) < 4.78 is 5.43. The molecule has 2 aliphatic rings. The third-order valence-electron chi connectivity index (χ3n) is 3.02. The molecule has 2 saturated heterocycles. The van der Waals surface area contributed by atoms with Crippen LogP contribution in [0.3, 0.4) is 0 Å². The highest BCUT2D eigenvalue weighted by atomic mass is 35.5. The van der Waals surface area contributed by atoms with Crippen molar-refractivity contribution in [3.63, 3.8) is 0 Å².